The molecule has 1 aromatic carbocycles. The molecule has 1 heterocycles. The van der Waals surface area contributed by atoms with E-state index in [-0.39, 0.29) is 18.2 Å². The van der Waals surface area contributed by atoms with Crippen LogP contribution in [0.15, 0.2) is 41.2 Å². The number of hydrogen-bond acceptors (Lipinski definition) is 3. The average molecular weight is 273 g/mol. The van der Waals surface area contributed by atoms with Gasteiger partial charge in [0.2, 0.25) is 0 Å². The van der Waals surface area contributed by atoms with Gasteiger partial charge in [0.15, 0.2) is 0 Å². The Morgan fingerprint density at radius 3 is 2.30 bits per heavy atom. The van der Waals surface area contributed by atoms with Gasteiger partial charge in [-0.3, -0.25) is 4.79 Å². The van der Waals surface area contributed by atoms with Gasteiger partial charge >= 0.3 is 0 Å². The van der Waals surface area contributed by atoms with E-state index in [1.807, 2.05) is 44.2 Å². The summed E-state index contributed by atoms with van der Waals surface area (Å²) in [5, 5.41) is 9.22. The predicted octanol–water partition coefficient (Wildman–Crippen LogP) is 2.60. The van der Waals surface area contributed by atoms with E-state index in [1.54, 1.807) is 17.7 Å². The van der Waals surface area contributed by atoms with Crippen LogP contribution in [0.5, 0.6) is 5.75 Å². The predicted molar refractivity (Wildman–Crippen MR) is 79.0 cm³/mol. The molecule has 1 N–H and O–H groups in total. The van der Waals surface area contributed by atoms with Crippen LogP contribution in [0.4, 0.5) is 0 Å². The number of methoxy groups -OCH3 is 1. The summed E-state index contributed by atoms with van der Waals surface area (Å²) in [4.78, 5) is 12.3. The summed E-state index contributed by atoms with van der Waals surface area (Å²) in [6.07, 6.45) is 0. The third kappa shape index (κ3) is 2.60. The number of nitrogens with zero attached hydrogens (tertiary/aromatic N) is 1. The average Bonchev–Trinajstić information content (AvgIpc) is 2.46. The maximum absolute atomic E-state index is 12.3. The van der Waals surface area contributed by atoms with E-state index in [9.17, 15) is 9.90 Å². The highest BCUT2D eigenvalue weighted by Gasteiger charge is 2.12. The van der Waals surface area contributed by atoms with Gasteiger partial charge in [-0.05, 0) is 55.8 Å². The molecular weight excluding hydrogens is 254 g/mol. The molecule has 0 bridgehead atoms. The van der Waals surface area contributed by atoms with Crippen molar-refractivity contribution in [1.29, 1.82) is 0 Å². The fourth-order valence-corrected chi connectivity index (χ4v) is 2.23. The molecule has 0 radical (unpaired) electrons. The number of rotatable bonds is 4. The minimum atomic E-state index is -0.242. The van der Waals surface area contributed by atoms with E-state index < -0.39 is 0 Å². The fourth-order valence-electron chi connectivity index (χ4n) is 2.23. The first-order valence-corrected chi connectivity index (χ1v) is 6.58. The first-order valence-electron chi connectivity index (χ1n) is 6.58. The van der Waals surface area contributed by atoms with E-state index in [0.29, 0.717) is 5.56 Å². The van der Waals surface area contributed by atoms with Crippen molar-refractivity contribution >= 4 is 0 Å². The summed E-state index contributed by atoms with van der Waals surface area (Å²) < 4.78 is 6.84. The lowest BCUT2D eigenvalue weighted by Gasteiger charge is -2.17. The molecule has 0 aliphatic carbocycles. The van der Waals surface area contributed by atoms with E-state index in [4.69, 9.17) is 4.74 Å². The van der Waals surface area contributed by atoms with Crippen molar-refractivity contribution in [1.82, 2.24) is 4.57 Å². The second-order valence-corrected chi connectivity index (χ2v) is 4.90. The molecule has 0 fully saturated rings. The maximum atomic E-state index is 12.3. The number of aliphatic hydroxyl groups is 1. The van der Waals surface area contributed by atoms with Gasteiger partial charge in [0.05, 0.1) is 19.4 Å². The summed E-state index contributed by atoms with van der Waals surface area (Å²) in [5.74, 6) is 0.777. The number of ether oxygens (including phenoxy) is 1. The molecule has 0 unspecified atom stereocenters. The van der Waals surface area contributed by atoms with Crippen LogP contribution in [-0.4, -0.2) is 16.8 Å². The van der Waals surface area contributed by atoms with Crippen LogP contribution in [0.2, 0.25) is 0 Å². The van der Waals surface area contributed by atoms with E-state index in [0.717, 1.165) is 17.0 Å². The molecule has 0 spiro atoms. The Hall–Kier alpha value is -2.07. The Kier molecular flexibility index (Phi) is 4.25. The molecule has 106 valence electrons. The van der Waals surface area contributed by atoms with Crippen LogP contribution in [0.3, 0.4) is 0 Å². The summed E-state index contributed by atoms with van der Waals surface area (Å²) in [6, 6.07) is 11.1. The van der Waals surface area contributed by atoms with Crippen molar-refractivity contribution in [3.63, 3.8) is 0 Å². The maximum Gasteiger partial charge on any atom is 0.256 e. The lowest BCUT2D eigenvalue weighted by atomic mass is 10.1. The molecule has 2 aromatic rings. The highest BCUT2D eigenvalue weighted by atomic mass is 16.5. The Morgan fingerprint density at radius 2 is 1.80 bits per heavy atom. The van der Waals surface area contributed by atoms with Gasteiger partial charge in [-0.25, -0.2) is 0 Å². The molecule has 4 heteroatoms. The smallest absolute Gasteiger partial charge is 0.256 e. The van der Waals surface area contributed by atoms with Crippen LogP contribution in [0.1, 0.15) is 25.5 Å². The van der Waals surface area contributed by atoms with E-state index in [2.05, 4.69) is 0 Å². The minimum absolute atomic E-state index is 0.0195. The Bertz CT molecular complexity index is 642. The zero-order valence-electron chi connectivity index (χ0n) is 12.0. The van der Waals surface area contributed by atoms with Gasteiger partial charge in [0, 0.05) is 11.6 Å². The van der Waals surface area contributed by atoms with Crippen molar-refractivity contribution < 1.29 is 9.84 Å². The van der Waals surface area contributed by atoms with Crippen molar-refractivity contribution in [2.75, 3.05) is 7.11 Å². The summed E-state index contributed by atoms with van der Waals surface area (Å²) >= 11 is 0. The number of aromatic nitrogens is 1. The second kappa shape index (κ2) is 5.92. The molecule has 20 heavy (non-hydrogen) atoms. The Balaban J connectivity index is 2.61. The molecule has 4 nitrogen and oxygen atoms in total. The number of benzene rings is 1. The first kappa shape index (κ1) is 14.3. The number of aliphatic hydroxyl groups excluding tert-OH is 1. The van der Waals surface area contributed by atoms with Gasteiger partial charge in [0.1, 0.15) is 5.75 Å². The van der Waals surface area contributed by atoms with Crippen LogP contribution < -0.4 is 10.3 Å². The van der Waals surface area contributed by atoms with Crippen molar-refractivity contribution in [2.24, 2.45) is 0 Å². The van der Waals surface area contributed by atoms with Gasteiger partial charge in [0.25, 0.3) is 5.56 Å². The van der Waals surface area contributed by atoms with E-state index in [1.165, 1.54) is 0 Å². The van der Waals surface area contributed by atoms with Crippen molar-refractivity contribution in [2.45, 2.75) is 26.5 Å². The number of hydrogen-bond donors (Lipinski definition) is 1. The quantitative estimate of drug-likeness (QED) is 0.931. The number of pyridine rings is 1. The lowest BCUT2D eigenvalue weighted by Crippen LogP contribution is -2.26. The normalized spacial score (nSPS) is 10.8. The third-order valence-electron chi connectivity index (χ3n) is 3.27. The largest absolute Gasteiger partial charge is 0.497 e. The molecule has 0 amide bonds. The first-order chi connectivity index (χ1) is 9.58. The highest BCUT2D eigenvalue weighted by molar-refractivity contribution is 5.61. The zero-order chi connectivity index (χ0) is 14.7. The van der Waals surface area contributed by atoms with Gasteiger partial charge in [-0.1, -0.05) is 0 Å². The monoisotopic (exact) mass is 273 g/mol. The van der Waals surface area contributed by atoms with Gasteiger partial charge in [-0.15, -0.1) is 0 Å². The topological polar surface area (TPSA) is 51.5 Å². The van der Waals surface area contributed by atoms with E-state index >= 15 is 0 Å². The Morgan fingerprint density at radius 1 is 1.15 bits per heavy atom. The lowest BCUT2D eigenvalue weighted by molar-refractivity contribution is 0.279. The van der Waals surface area contributed by atoms with Crippen LogP contribution >= 0.6 is 0 Å². The molecule has 0 saturated carbocycles. The van der Waals surface area contributed by atoms with Crippen LogP contribution in [0.25, 0.3) is 11.3 Å². The Labute approximate surface area is 118 Å². The standard InChI is InChI=1S/C16H19NO3/c1-11(2)17-15(9-6-13(10-18)16(17)19)12-4-7-14(20-3)8-5-12/h4-9,11,18H,10H2,1-3H3. The van der Waals surface area contributed by atoms with Crippen LogP contribution in [0, 0.1) is 0 Å². The molecule has 0 saturated heterocycles. The van der Waals surface area contributed by atoms with Crippen LogP contribution in [-0.2, 0) is 6.61 Å². The van der Waals surface area contributed by atoms with Gasteiger partial charge in [-0.2, -0.15) is 0 Å². The second-order valence-electron chi connectivity index (χ2n) is 4.90. The van der Waals surface area contributed by atoms with Crippen molar-refractivity contribution in [3.05, 3.63) is 52.3 Å². The van der Waals surface area contributed by atoms with Gasteiger partial charge < -0.3 is 14.4 Å². The minimum Gasteiger partial charge on any atom is -0.497 e. The SMILES string of the molecule is COc1ccc(-c2ccc(CO)c(=O)n2C(C)C)cc1. The molecule has 1 aromatic heterocycles. The summed E-state index contributed by atoms with van der Waals surface area (Å²) in [7, 11) is 1.62. The fraction of sp³-hybridized carbons (Fsp3) is 0.312. The van der Waals surface area contributed by atoms with Crippen molar-refractivity contribution in [3.8, 4) is 17.0 Å². The molecule has 2 rings (SSSR count). The summed E-state index contributed by atoms with van der Waals surface area (Å²) in [6.45, 7) is 3.67. The highest BCUT2D eigenvalue weighted by Crippen LogP contribution is 2.23. The molecular formula is C16H19NO3. The third-order valence-corrected chi connectivity index (χ3v) is 3.27. The zero-order valence-corrected chi connectivity index (χ0v) is 12.0. The molecule has 0 atom stereocenters. The molecule has 0 aliphatic heterocycles. The summed E-state index contributed by atoms with van der Waals surface area (Å²) in [5.41, 5.74) is 2.05. The molecule has 0 aliphatic rings.